The van der Waals surface area contributed by atoms with E-state index in [1.54, 1.807) is 0 Å². The van der Waals surface area contributed by atoms with Crippen LogP contribution in [0.4, 0.5) is 0 Å². The molecule has 1 aliphatic rings. The molecule has 0 amide bonds. The van der Waals surface area contributed by atoms with Gasteiger partial charge in [-0.1, -0.05) is 174 Å². The van der Waals surface area contributed by atoms with E-state index in [-0.39, 0.29) is 19.6 Å². The molecule has 6 unspecified atom stereocenters. The maximum atomic E-state index is 12.8. The number of rotatable bonds is 38. The molecule has 4 N–H and O–H groups in total. The number of carbonyl (C=O) groups is 1. The normalized spacial score (nSPS) is 21.0. The Balaban J connectivity index is 2.44. The Morgan fingerprint density at radius 1 is 0.630 bits per heavy atom. The second-order valence-corrected chi connectivity index (χ2v) is 16.4. The van der Waals surface area contributed by atoms with Crippen LogP contribution < -0.4 is 0 Å². The number of aliphatic hydroxyl groups excluding tert-OH is 3. The van der Waals surface area contributed by atoms with Crippen LogP contribution in [-0.4, -0.2) is 97.5 Å². The highest BCUT2D eigenvalue weighted by atomic mass is 32.3. The van der Waals surface area contributed by atoms with Gasteiger partial charge in [-0.25, -0.2) is 4.18 Å². The highest BCUT2D eigenvalue weighted by molar-refractivity contribution is 7.80. The quantitative estimate of drug-likeness (QED) is 0.0266. The lowest BCUT2D eigenvalue weighted by molar-refractivity contribution is -0.301. The summed E-state index contributed by atoms with van der Waals surface area (Å²) in [6.07, 6.45) is 24.2. The Bertz CT molecular complexity index is 968. The van der Waals surface area contributed by atoms with E-state index in [4.69, 9.17) is 23.5 Å². The summed E-state index contributed by atoms with van der Waals surface area (Å²) in [5, 5.41) is 30.6. The smallest absolute Gasteiger partial charge is 0.397 e. The third-order valence-corrected chi connectivity index (χ3v) is 10.7. The van der Waals surface area contributed by atoms with E-state index in [9.17, 15) is 28.5 Å². The van der Waals surface area contributed by atoms with Gasteiger partial charge in [0.2, 0.25) is 0 Å². The van der Waals surface area contributed by atoms with Gasteiger partial charge in [0.15, 0.2) is 6.29 Å². The Morgan fingerprint density at radius 2 is 1.06 bits per heavy atom. The lowest BCUT2D eigenvalue weighted by Crippen LogP contribution is -2.60. The van der Waals surface area contributed by atoms with Gasteiger partial charge in [-0.3, -0.25) is 9.35 Å². The lowest BCUT2D eigenvalue weighted by Gasteiger charge is -2.41. The van der Waals surface area contributed by atoms with Crippen LogP contribution in [0.5, 0.6) is 0 Å². The van der Waals surface area contributed by atoms with Crippen molar-refractivity contribution in [3.8, 4) is 0 Å². The summed E-state index contributed by atoms with van der Waals surface area (Å²) in [5.74, 6) is -0.395. The summed E-state index contributed by atoms with van der Waals surface area (Å²) in [5.41, 5.74) is 0. The molecule has 0 aromatic rings. The van der Waals surface area contributed by atoms with Gasteiger partial charge in [0, 0.05) is 13.0 Å². The summed E-state index contributed by atoms with van der Waals surface area (Å²) in [7, 11) is -5.05. The van der Waals surface area contributed by atoms with E-state index in [1.165, 1.54) is 128 Å². The number of unbranched alkanes of at least 4 members (excludes halogenated alkanes) is 25. The fraction of sp³-hybridized carbons (Fsp3) is 0.976. The first-order valence-electron chi connectivity index (χ1n) is 21.8. The zero-order valence-corrected chi connectivity index (χ0v) is 34.9. The summed E-state index contributed by atoms with van der Waals surface area (Å²) in [4.78, 5) is 12.8. The van der Waals surface area contributed by atoms with Crippen molar-refractivity contribution in [3.63, 3.8) is 0 Å². The van der Waals surface area contributed by atoms with Gasteiger partial charge in [-0.05, 0) is 12.8 Å². The largest absolute Gasteiger partial charge is 0.457 e. The molecule has 6 atom stereocenters. The molecule has 0 aliphatic carbocycles. The van der Waals surface area contributed by atoms with Gasteiger partial charge in [0.25, 0.3) is 0 Å². The van der Waals surface area contributed by atoms with Crippen molar-refractivity contribution in [1.29, 1.82) is 0 Å². The minimum atomic E-state index is -5.05. The molecule has 322 valence electrons. The molecule has 1 aliphatic heterocycles. The van der Waals surface area contributed by atoms with Crippen LogP contribution >= 0.6 is 0 Å². The molecule has 13 heteroatoms. The highest BCUT2D eigenvalue weighted by Crippen LogP contribution is 2.26. The molecule has 1 fully saturated rings. The lowest BCUT2D eigenvalue weighted by atomic mass is 9.99. The molecule has 12 nitrogen and oxygen atoms in total. The molecule has 0 aromatic heterocycles. The van der Waals surface area contributed by atoms with Gasteiger partial charge < -0.3 is 34.3 Å². The number of aliphatic hydroxyl groups is 3. The van der Waals surface area contributed by atoms with Crippen LogP contribution in [0.15, 0.2) is 0 Å². The fourth-order valence-electron chi connectivity index (χ4n) is 6.91. The van der Waals surface area contributed by atoms with Gasteiger partial charge in [-0.2, -0.15) is 8.42 Å². The van der Waals surface area contributed by atoms with Crippen molar-refractivity contribution in [3.05, 3.63) is 0 Å². The molecule has 1 rings (SSSR count). The Labute approximate surface area is 328 Å². The zero-order chi connectivity index (χ0) is 39.7. The molecule has 0 saturated carbocycles. The predicted molar refractivity (Wildman–Crippen MR) is 211 cm³/mol. The maximum Gasteiger partial charge on any atom is 0.397 e. The summed E-state index contributed by atoms with van der Waals surface area (Å²) in [6.45, 7) is 4.01. The fourth-order valence-corrected chi connectivity index (χ4v) is 7.42. The van der Waals surface area contributed by atoms with Crippen molar-refractivity contribution in [2.75, 3.05) is 26.4 Å². The van der Waals surface area contributed by atoms with Crippen molar-refractivity contribution in [1.82, 2.24) is 0 Å². The third kappa shape index (κ3) is 27.7. The molecule has 0 spiro atoms. The number of hydrogen-bond acceptors (Lipinski definition) is 11. The monoisotopic (exact) mass is 797 g/mol. The van der Waals surface area contributed by atoms with Gasteiger partial charge >= 0.3 is 16.4 Å². The average molecular weight is 797 g/mol. The van der Waals surface area contributed by atoms with Crippen LogP contribution in [0, 0.1) is 0 Å². The van der Waals surface area contributed by atoms with E-state index < -0.39 is 59.8 Å². The van der Waals surface area contributed by atoms with E-state index in [0.29, 0.717) is 13.0 Å². The Hall–Kier alpha value is -0.900. The average Bonchev–Trinajstić information content (AvgIpc) is 3.14. The number of carbonyl (C=O) groups excluding carboxylic acids is 1. The van der Waals surface area contributed by atoms with Gasteiger partial charge in [-0.15, -0.1) is 0 Å². The first-order chi connectivity index (χ1) is 26.1. The third-order valence-electron chi connectivity index (χ3n) is 10.2. The number of hydrogen-bond donors (Lipinski definition) is 4. The molecular formula is C41H80O12S. The number of esters is 1. The van der Waals surface area contributed by atoms with Crippen molar-refractivity contribution < 1.29 is 56.2 Å². The molecule has 1 heterocycles. The molecular weight excluding hydrogens is 717 g/mol. The van der Waals surface area contributed by atoms with Gasteiger partial charge in [0.05, 0.1) is 19.8 Å². The SMILES string of the molecule is CCCCCCCCCCCCCCCCCC(=O)OC(COCCCCCCCCCCCCCC)COC1OC(CO)C(O)C(OS(=O)(=O)O)C1O. The van der Waals surface area contributed by atoms with E-state index in [1.807, 2.05) is 0 Å². The van der Waals surface area contributed by atoms with Crippen molar-refractivity contribution in [2.24, 2.45) is 0 Å². The maximum absolute atomic E-state index is 12.8. The standard InChI is InChI=1S/C41H80O12S/c1-3-5-7-9-11-13-15-17-18-19-20-22-24-26-28-30-37(43)51-35(33-49-31-29-27-25-23-21-16-14-12-10-8-6-4-2)34-50-41-39(45)40(53-54(46,47)48)38(44)36(32-42)52-41/h35-36,38-42,44-45H,3-34H2,1-2H3,(H,46,47,48). The zero-order valence-electron chi connectivity index (χ0n) is 34.1. The Morgan fingerprint density at radius 3 is 1.48 bits per heavy atom. The first-order valence-corrected chi connectivity index (χ1v) is 23.2. The molecule has 54 heavy (non-hydrogen) atoms. The minimum Gasteiger partial charge on any atom is -0.457 e. The Kier molecular flexibility index (Phi) is 32.3. The highest BCUT2D eigenvalue weighted by Gasteiger charge is 2.48. The second kappa shape index (κ2) is 34.2. The van der Waals surface area contributed by atoms with Crippen LogP contribution in [0.25, 0.3) is 0 Å². The summed E-state index contributed by atoms with van der Waals surface area (Å²) >= 11 is 0. The van der Waals surface area contributed by atoms with Crippen LogP contribution in [-0.2, 0) is 38.3 Å². The van der Waals surface area contributed by atoms with Crippen LogP contribution in [0.3, 0.4) is 0 Å². The molecule has 0 bridgehead atoms. The first kappa shape index (κ1) is 51.1. The van der Waals surface area contributed by atoms with Gasteiger partial charge in [0.1, 0.15) is 30.5 Å². The summed E-state index contributed by atoms with van der Waals surface area (Å²) < 4.78 is 58.9. The summed E-state index contributed by atoms with van der Waals surface area (Å²) in [6, 6.07) is 0. The van der Waals surface area contributed by atoms with Crippen LogP contribution in [0.2, 0.25) is 0 Å². The molecule has 0 aromatic carbocycles. The predicted octanol–water partition coefficient (Wildman–Crippen LogP) is 8.52. The topological polar surface area (TPSA) is 178 Å². The molecule has 1 saturated heterocycles. The van der Waals surface area contributed by atoms with E-state index in [0.717, 1.165) is 38.5 Å². The van der Waals surface area contributed by atoms with Crippen molar-refractivity contribution in [2.45, 2.75) is 230 Å². The van der Waals surface area contributed by atoms with E-state index >= 15 is 0 Å². The van der Waals surface area contributed by atoms with Crippen molar-refractivity contribution >= 4 is 16.4 Å². The number of ether oxygens (including phenoxy) is 4. The van der Waals surface area contributed by atoms with Crippen LogP contribution in [0.1, 0.15) is 194 Å². The van der Waals surface area contributed by atoms with E-state index in [2.05, 4.69) is 18.0 Å². The molecule has 0 radical (unpaired) electrons. The second-order valence-electron chi connectivity index (χ2n) is 15.3. The minimum absolute atomic E-state index is 0.0441.